The molecular formula is C9H7F2NO. The Bertz CT molecular complexity index is 450. The number of aliphatic hydroxyl groups is 1. The molecule has 13 heavy (non-hydrogen) atoms. The van der Waals surface area contributed by atoms with Gasteiger partial charge in [-0.05, 0) is 6.07 Å². The summed E-state index contributed by atoms with van der Waals surface area (Å²) in [6, 6.07) is 1.99. The summed E-state index contributed by atoms with van der Waals surface area (Å²) in [5.74, 6) is -1.28. The summed E-state index contributed by atoms with van der Waals surface area (Å²) in [5, 5.41) is 9.09. The van der Waals surface area contributed by atoms with Crippen molar-refractivity contribution in [1.29, 1.82) is 0 Å². The van der Waals surface area contributed by atoms with Gasteiger partial charge in [0, 0.05) is 23.2 Å². The number of nitrogens with one attached hydrogen (secondary N) is 1. The minimum absolute atomic E-state index is 0.254. The van der Waals surface area contributed by atoms with E-state index in [1.165, 1.54) is 12.3 Å². The summed E-state index contributed by atoms with van der Waals surface area (Å²) in [4.78, 5) is 2.68. The average Bonchev–Trinajstić information content (AvgIpc) is 2.47. The quantitative estimate of drug-likeness (QED) is 0.696. The largest absolute Gasteiger partial charge is 0.392 e. The number of H-pyrrole nitrogens is 1. The molecule has 0 saturated carbocycles. The van der Waals surface area contributed by atoms with E-state index < -0.39 is 11.6 Å². The molecule has 0 unspecified atom stereocenters. The third-order valence-electron chi connectivity index (χ3n) is 1.95. The highest BCUT2D eigenvalue weighted by molar-refractivity contribution is 5.83. The van der Waals surface area contributed by atoms with Crippen molar-refractivity contribution in [2.75, 3.05) is 0 Å². The highest BCUT2D eigenvalue weighted by atomic mass is 19.1. The first-order valence-electron chi connectivity index (χ1n) is 3.78. The Labute approximate surface area is 72.8 Å². The summed E-state index contributed by atoms with van der Waals surface area (Å²) in [5.41, 5.74) is 0.800. The van der Waals surface area contributed by atoms with Crippen molar-refractivity contribution < 1.29 is 13.9 Å². The molecule has 0 radical (unpaired) electrons. The first-order valence-corrected chi connectivity index (χ1v) is 3.78. The molecule has 0 aliphatic heterocycles. The van der Waals surface area contributed by atoms with E-state index in [4.69, 9.17) is 5.11 Å². The number of aromatic amines is 1. The lowest BCUT2D eigenvalue weighted by Crippen LogP contribution is -1.85. The van der Waals surface area contributed by atoms with Crippen LogP contribution in [0.25, 0.3) is 10.9 Å². The molecule has 0 fully saturated rings. The van der Waals surface area contributed by atoms with Crippen molar-refractivity contribution in [3.8, 4) is 0 Å². The molecule has 2 aromatic rings. The van der Waals surface area contributed by atoms with Gasteiger partial charge < -0.3 is 10.1 Å². The fraction of sp³-hybridized carbons (Fsp3) is 0.111. The van der Waals surface area contributed by atoms with E-state index in [2.05, 4.69) is 4.98 Å². The zero-order chi connectivity index (χ0) is 9.42. The molecule has 1 aromatic carbocycles. The SMILES string of the molecule is OCc1c[nH]c2cc(F)cc(F)c12. The minimum atomic E-state index is -0.652. The Kier molecular flexibility index (Phi) is 1.77. The number of rotatable bonds is 1. The third-order valence-corrected chi connectivity index (χ3v) is 1.95. The van der Waals surface area contributed by atoms with Gasteiger partial charge in [-0.25, -0.2) is 8.78 Å². The van der Waals surface area contributed by atoms with E-state index in [-0.39, 0.29) is 12.0 Å². The Hall–Kier alpha value is -1.42. The van der Waals surface area contributed by atoms with Crippen LogP contribution in [-0.2, 0) is 6.61 Å². The standard InChI is InChI=1S/C9H7F2NO/c10-6-1-7(11)9-5(4-13)3-12-8(9)2-6/h1-3,12-13H,4H2. The molecule has 2 rings (SSSR count). The van der Waals surface area contributed by atoms with Crippen LogP contribution in [0.1, 0.15) is 5.56 Å². The summed E-state index contributed by atoms with van der Waals surface area (Å²) >= 11 is 0. The highest BCUT2D eigenvalue weighted by Gasteiger charge is 2.09. The van der Waals surface area contributed by atoms with Crippen molar-refractivity contribution in [1.82, 2.24) is 4.98 Å². The van der Waals surface area contributed by atoms with Gasteiger partial charge in [0.25, 0.3) is 0 Å². The second-order valence-corrected chi connectivity index (χ2v) is 2.78. The van der Waals surface area contributed by atoms with Crippen LogP contribution in [0, 0.1) is 11.6 Å². The topological polar surface area (TPSA) is 36.0 Å². The van der Waals surface area contributed by atoms with Crippen LogP contribution in [0.4, 0.5) is 8.78 Å². The smallest absolute Gasteiger partial charge is 0.135 e. The lowest BCUT2D eigenvalue weighted by molar-refractivity contribution is 0.283. The van der Waals surface area contributed by atoms with Gasteiger partial charge in [0.05, 0.1) is 12.1 Å². The first-order chi connectivity index (χ1) is 6.22. The van der Waals surface area contributed by atoms with Gasteiger partial charge in [0.15, 0.2) is 0 Å². The number of halogens is 2. The number of hydrogen-bond acceptors (Lipinski definition) is 1. The maximum absolute atomic E-state index is 13.2. The van der Waals surface area contributed by atoms with Gasteiger partial charge >= 0.3 is 0 Å². The van der Waals surface area contributed by atoms with Gasteiger partial charge in [-0.1, -0.05) is 0 Å². The molecule has 0 saturated heterocycles. The maximum Gasteiger partial charge on any atom is 0.135 e. The lowest BCUT2D eigenvalue weighted by atomic mass is 10.2. The average molecular weight is 183 g/mol. The number of aliphatic hydroxyl groups excluding tert-OH is 1. The summed E-state index contributed by atoms with van der Waals surface area (Å²) in [7, 11) is 0. The van der Waals surface area contributed by atoms with Crippen LogP contribution in [0.3, 0.4) is 0 Å². The van der Waals surface area contributed by atoms with Crippen LogP contribution in [0.5, 0.6) is 0 Å². The second-order valence-electron chi connectivity index (χ2n) is 2.78. The highest BCUT2D eigenvalue weighted by Crippen LogP contribution is 2.22. The molecule has 0 atom stereocenters. The number of hydrogen-bond donors (Lipinski definition) is 2. The summed E-state index contributed by atoms with van der Waals surface area (Å²) < 4.78 is 25.8. The van der Waals surface area contributed by atoms with Gasteiger partial charge in [-0.15, -0.1) is 0 Å². The second kappa shape index (κ2) is 2.81. The first kappa shape index (κ1) is 8.19. The van der Waals surface area contributed by atoms with Gasteiger partial charge in [-0.3, -0.25) is 0 Å². The molecule has 1 heterocycles. The molecular weight excluding hydrogens is 176 g/mol. The molecule has 68 valence electrons. The Morgan fingerprint density at radius 3 is 2.77 bits per heavy atom. The van der Waals surface area contributed by atoms with Gasteiger partial charge in [0.1, 0.15) is 11.6 Å². The van der Waals surface area contributed by atoms with Crippen molar-refractivity contribution >= 4 is 10.9 Å². The van der Waals surface area contributed by atoms with E-state index >= 15 is 0 Å². The fourth-order valence-electron chi connectivity index (χ4n) is 1.38. The summed E-state index contributed by atoms with van der Waals surface area (Å²) in [6.07, 6.45) is 1.47. The van der Waals surface area contributed by atoms with Crippen molar-refractivity contribution in [2.45, 2.75) is 6.61 Å². The van der Waals surface area contributed by atoms with Crippen LogP contribution >= 0.6 is 0 Å². The predicted octanol–water partition coefficient (Wildman–Crippen LogP) is 1.94. The van der Waals surface area contributed by atoms with E-state index in [1.807, 2.05) is 0 Å². The molecule has 0 aliphatic rings. The zero-order valence-electron chi connectivity index (χ0n) is 6.64. The van der Waals surface area contributed by atoms with E-state index in [0.717, 1.165) is 6.07 Å². The summed E-state index contributed by atoms with van der Waals surface area (Å²) in [6.45, 7) is -0.261. The Balaban J connectivity index is 2.82. The van der Waals surface area contributed by atoms with Crippen LogP contribution in [0.15, 0.2) is 18.3 Å². The van der Waals surface area contributed by atoms with Crippen molar-refractivity contribution in [3.63, 3.8) is 0 Å². The van der Waals surface area contributed by atoms with Gasteiger partial charge in [-0.2, -0.15) is 0 Å². The normalized spacial score (nSPS) is 11.0. The molecule has 0 bridgehead atoms. The van der Waals surface area contributed by atoms with Crippen LogP contribution in [-0.4, -0.2) is 10.1 Å². The van der Waals surface area contributed by atoms with Gasteiger partial charge in [0.2, 0.25) is 0 Å². The predicted molar refractivity (Wildman–Crippen MR) is 44.1 cm³/mol. The van der Waals surface area contributed by atoms with E-state index in [1.54, 1.807) is 0 Å². The number of fused-ring (bicyclic) bond motifs is 1. The zero-order valence-corrected chi connectivity index (χ0v) is 6.64. The van der Waals surface area contributed by atoms with Crippen LogP contribution < -0.4 is 0 Å². The molecule has 2 N–H and O–H groups in total. The maximum atomic E-state index is 13.2. The Morgan fingerprint density at radius 1 is 1.31 bits per heavy atom. The van der Waals surface area contributed by atoms with E-state index in [0.29, 0.717) is 11.1 Å². The fourth-order valence-corrected chi connectivity index (χ4v) is 1.38. The lowest BCUT2D eigenvalue weighted by Gasteiger charge is -1.96. The molecule has 2 nitrogen and oxygen atoms in total. The molecule has 0 spiro atoms. The molecule has 4 heteroatoms. The minimum Gasteiger partial charge on any atom is -0.392 e. The molecule has 0 amide bonds. The Morgan fingerprint density at radius 2 is 2.08 bits per heavy atom. The number of aromatic nitrogens is 1. The third kappa shape index (κ3) is 1.19. The van der Waals surface area contributed by atoms with Crippen LogP contribution in [0.2, 0.25) is 0 Å². The van der Waals surface area contributed by atoms with Crippen molar-refractivity contribution in [3.05, 3.63) is 35.5 Å². The number of benzene rings is 1. The van der Waals surface area contributed by atoms with Crippen molar-refractivity contribution in [2.24, 2.45) is 0 Å². The molecule has 1 aromatic heterocycles. The monoisotopic (exact) mass is 183 g/mol. The molecule has 0 aliphatic carbocycles. The van der Waals surface area contributed by atoms with E-state index in [9.17, 15) is 8.78 Å².